The largest absolute Gasteiger partial charge is 0.482 e. The van der Waals surface area contributed by atoms with Gasteiger partial charge in [-0.15, -0.1) is 0 Å². The van der Waals surface area contributed by atoms with Crippen LogP contribution >= 0.6 is 0 Å². The number of nitrogens with one attached hydrogen (secondary N) is 3. The maximum atomic E-state index is 11.5. The number of hydrogen-bond acceptors (Lipinski definition) is 4. The smallest absolute Gasteiger partial charge is 0.317 e. The Bertz CT molecular complexity index is 827. The lowest BCUT2D eigenvalue weighted by Crippen LogP contribution is -2.25. The molecule has 0 aliphatic carbocycles. The van der Waals surface area contributed by atoms with Crippen LogP contribution in [0.3, 0.4) is 0 Å². The number of nitrogens with two attached hydrogens (primary N) is 2. The SMILES string of the molecule is NC(=O)Nc1[nH]c(-c2ccc3c(c2)NC(=O)CO3)cc1C(N)=O. The molecule has 9 nitrogen and oxygen atoms in total. The lowest BCUT2D eigenvalue weighted by molar-refractivity contribution is -0.118. The van der Waals surface area contributed by atoms with Crippen LogP contribution in [0, 0.1) is 0 Å². The summed E-state index contributed by atoms with van der Waals surface area (Å²) in [6, 6.07) is 5.77. The molecule has 1 aliphatic rings. The molecule has 0 spiro atoms. The van der Waals surface area contributed by atoms with E-state index in [1.54, 1.807) is 18.2 Å². The summed E-state index contributed by atoms with van der Waals surface area (Å²) >= 11 is 0. The number of rotatable bonds is 3. The molecule has 0 radical (unpaired) electrons. The fraction of sp³-hybridized carbons (Fsp3) is 0.0714. The highest BCUT2D eigenvalue weighted by Gasteiger charge is 2.19. The van der Waals surface area contributed by atoms with Gasteiger partial charge in [0.15, 0.2) is 6.61 Å². The molecule has 0 atom stereocenters. The normalized spacial score (nSPS) is 12.8. The second-order valence-electron chi connectivity index (χ2n) is 4.87. The number of H-pyrrole nitrogens is 1. The molecule has 9 heteroatoms. The third-order valence-electron chi connectivity index (χ3n) is 3.25. The first-order chi connectivity index (χ1) is 10.9. The minimum absolute atomic E-state index is 0.0344. The minimum Gasteiger partial charge on any atom is -0.482 e. The number of hydrogen-bond donors (Lipinski definition) is 5. The van der Waals surface area contributed by atoms with Crippen LogP contribution in [-0.4, -0.2) is 29.4 Å². The molecular formula is C14H13N5O4. The molecule has 0 fully saturated rings. The molecule has 0 unspecified atom stereocenters. The zero-order valence-electron chi connectivity index (χ0n) is 11.8. The zero-order valence-corrected chi connectivity index (χ0v) is 11.8. The maximum Gasteiger partial charge on any atom is 0.317 e. The minimum atomic E-state index is -0.827. The molecular weight excluding hydrogens is 302 g/mol. The standard InChI is InChI=1S/C14H13N5O4/c15-12(21)7-4-8(18-13(7)19-14(16)22)6-1-2-10-9(3-6)17-11(20)5-23-10/h1-4,18H,5H2,(H2,15,21)(H,17,20)(H3,16,19,22). The Morgan fingerprint density at radius 3 is 2.70 bits per heavy atom. The van der Waals surface area contributed by atoms with Crippen molar-refractivity contribution in [2.24, 2.45) is 11.5 Å². The number of carbonyl (C=O) groups is 3. The highest BCUT2D eigenvalue weighted by atomic mass is 16.5. The third-order valence-corrected chi connectivity index (χ3v) is 3.25. The number of amides is 4. The molecule has 0 saturated carbocycles. The van der Waals surface area contributed by atoms with Gasteiger partial charge in [0.1, 0.15) is 11.6 Å². The fourth-order valence-corrected chi connectivity index (χ4v) is 2.28. The quantitative estimate of drug-likeness (QED) is 0.563. The van der Waals surface area contributed by atoms with E-state index >= 15 is 0 Å². The molecule has 2 aromatic rings. The topological polar surface area (TPSA) is 152 Å². The molecule has 1 aromatic carbocycles. The Morgan fingerprint density at radius 1 is 1.22 bits per heavy atom. The molecule has 23 heavy (non-hydrogen) atoms. The van der Waals surface area contributed by atoms with E-state index in [1.807, 2.05) is 0 Å². The van der Waals surface area contributed by atoms with Gasteiger partial charge in [-0.25, -0.2) is 4.79 Å². The predicted molar refractivity (Wildman–Crippen MR) is 82.1 cm³/mol. The molecule has 7 N–H and O–H groups in total. The van der Waals surface area contributed by atoms with Gasteiger partial charge >= 0.3 is 6.03 Å². The zero-order chi connectivity index (χ0) is 16.6. The van der Waals surface area contributed by atoms with Gasteiger partial charge in [-0.1, -0.05) is 0 Å². The van der Waals surface area contributed by atoms with Gasteiger partial charge in [0.2, 0.25) is 0 Å². The third kappa shape index (κ3) is 2.79. The molecule has 2 heterocycles. The van der Waals surface area contributed by atoms with Crippen molar-refractivity contribution in [2.75, 3.05) is 17.2 Å². The molecule has 4 amide bonds. The van der Waals surface area contributed by atoms with Crippen LogP contribution in [0.2, 0.25) is 0 Å². The number of ether oxygens (including phenoxy) is 1. The van der Waals surface area contributed by atoms with E-state index in [4.69, 9.17) is 16.2 Å². The lowest BCUT2D eigenvalue weighted by Gasteiger charge is -2.18. The van der Waals surface area contributed by atoms with E-state index in [2.05, 4.69) is 15.6 Å². The van der Waals surface area contributed by atoms with Crippen molar-refractivity contribution in [1.29, 1.82) is 0 Å². The summed E-state index contributed by atoms with van der Waals surface area (Å²) in [5.74, 6) is -0.315. The van der Waals surface area contributed by atoms with E-state index in [1.165, 1.54) is 6.07 Å². The summed E-state index contributed by atoms with van der Waals surface area (Å²) in [7, 11) is 0. The van der Waals surface area contributed by atoms with Crippen LogP contribution in [0.5, 0.6) is 5.75 Å². The van der Waals surface area contributed by atoms with E-state index in [9.17, 15) is 14.4 Å². The summed E-state index contributed by atoms with van der Waals surface area (Å²) in [6.45, 7) is -0.0344. The van der Waals surface area contributed by atoms with Crippen molar-refractivity contribution in [1.82, 2.24) is 4.98 Å². The lowest BCUT2D eigenvalue weighted by atomic mass is 10.1. The van der Waals surface area contributed by atoms with Crippen LogP contribution < -0.4 is 26.8 Å². The Labute approximate surface area is 130 Å². The molecule has 1 aromatic heterocycles. The number of aromatic amines is 1. The van der Waals surface area contributed by atoms with Crippen LogP contribution in [0.4, 0.5) is 16.3 Å². The molecule has 3 rings (SSSR count). The molecule has 1 aliphatic heterocycles. The number of fused-ring (bicyclic) bond motifs is 1. The number of urea groups is 1. The first kappa shape index (κ1) is 14.4. The van der Waals surface area contributed by atoms with Crippen molar-refractivity contribution < 1.29 is 19.1 Å². The Morgan fingerprint density at radius 2 is 2.00 bits per heavy atom. The van der Waals surface area contributed by atoms with Crippen LogP contribution in [0.1, 0.15) is 10.4 Å². The van der Waals surface area contributed by atoms with Gasteiger partial charge in [-0.2, -0.15) is 0 Å². The van der Waals surface area contributed by atoms with E-state index in [-0.39, 0.29) is 23.9 Å². The monoisotopic (exact) mass is 315 g/mol. The second kappa shape index (κ2) is 5.37. The van der Waals surface area contributed by atoms with Gasteiger partial charge in [-0.05, 0) is 24.3 Å². The number of benzene rings is 1. The van der Waals surface area contributed by atoms with Crippen molar-refractivity contribution in [3.63, 3.8) is 0 Å². The number of primary amides is 2. The highest BCUT2D eigenvalue weighted by Crippen LogP contribution is 2.33. The predicted octanol–water partition coefficient (Wildman–Crippen LogP) is 0.602. The van der Waals surface area contributed by atoms with Crippen LogP contribution in [0.25, 0.3) is 11.3 Å². The average Bonchev–Trinajstić information content (AvgIpc) is 2.89. The van der Waals surface area contributed by atoms with Gasteiger partial charge in [0, 0.05) is 11.3 Å². The summed E-state index contributed by atoms with van der Waals surface area (Å²) in [5, 5.41) is 4.99. The van der Waals surface area contributed by atoms with E-state index in [0.717, 1.165) is 0 Å². The Balaban J connectivity index is 2.01. The summed E-state index contributed by atoms with van der Waals surface area (Å²) < 4.78 is 5.28. The van der Waals surface area contributed by atoms with Crippen molar-refractivity contribution in [3.8, 4) is 17.0 Å². The fourth-order valence-electron chi connectivity index (χ4n) is 2.28. The van der Waals surface area contributed by atoms with Crippen molar-refractivity contribution in [3.05, 3.63) is 29.8 Å². The van der Waals surface area contributed by atoms with Gasteiger partial charge in [0.25, 0.3) is 11.8 Å². The molecule has 118 valence electrons. The Hall–Kier alpha value is -3.49. The maximum absolute atomic E-state index is 11.5. The van der Waals surface area contributed by atoms with Crippen LogP contribution in [-0.2, 0) is 4.79 Å². The first-order valence-electron chi connectivity index (χ1n) is 6.60. The number of aromatic nitrogens is 1. The Kier molecular flexibility index (Phi) is 3.37. The number of anilines is 2. The van der Waals surface area contributed by atoms with Crippen LogP contribution in [0.15, 0.2) is 24.3 Å². The summed E-state index contributed by atoms with van der Waals surface area (Å²) in [5.41, 5.74) is 12.1. The van der Waals surface area contributed by atoms with Crippen molar-refractivity contribution >= 4 is 29.4 Å². The summed E-state index contributed by atoms with van der Waals surface area (Å²) in [6.07, 6.45) is 0. The van der Waals surface area contributed by atoms with E-state index in [0.29, 0.717) is 22.7 Å². The highest BCUT2D eigenvalue weighted by molar-refractivity contribution is 6.03. The van der Waals surface area contributed by atoms with Gasteiger partial charge < -0.3 is 26.5 Å². The average molecular weight is 315 g/mol. The molecule has 0 saturated heterocycles. The second-order valence-corrected chi connectivity index (χ2v) is 4.87. The van der Waals surface area contributed by atoms with Gasteiger partial charge in [-0.3, -0.25) is 14.9 Å². The summed E-state index contributed by atoms with van der Waals surface area (Å²) in [4.78, 5) is 36.7. The molecule has 0 bridgehead atoms. The first-order valence-corrected chi connectivity index (χ1v) is 6.60. The number of carbonyl (C=O) groups excluding carboxylic acids is 3. The van der Waals surface area contributed by atoms with E-state index < -0.39 is 11.9 Å². The van der Waals surface area contributed by atoms with Gasteiger partial charge in [0.05, 0.1) is 11.3 Å². The van der Waals surface area contributed by atoms with Crippen molar-refractivity contribution in [2.45, 2.75) is 0 Å².